The van der Waals surface area contributed by atoms with Gasteiger partial charge in [0.05, 0.1) is 18.1 Å². The van der Waals surface area contributed by atoms with Crippen LogP contribution in [0.15, 0.2) is 32.6 Å². The van der Waals surface area contributed by atoms with E-state index in [0.29, 0.717) is 33.4 Å². The summed E-state index contributed by atoms with van der Waals surface area (Å²) in [7, 11) is 0. The van der Waals surface area contributed by atoms with Gasteiger partial charge in [0.15, 0.2) is 0 Å². The third-order valence-electron chi connectivity index (χ3n) is 11.5. The highest BCUT2D eigenvalue weighted by molar-refractivity contribution is 5.55. The molecule has 0 bridgehead atoms. The summed E-state index contributed by atoms with van der Waals surface area (Å²) >= 11 is 0. The van der Waals surface area contributed by atoms with Crippen LogP contribution in [0.1, 0.15) is 168 Å². The quantitative estimate of drug-likeness (QED) is 0.181. The molecule has 0 spiro atoms. The second kappa shape index (κ2) is 14.0. The zero-order valence-electron chi connectivity index (χ0n) is 35.9. The largest absolute Gasteiger partial charge is 0.507 e. The standard InChI is InChI=1S/C45H63N3O6/c1-22-19-31(43(10,11)12)37(49)25(4)34(22)28(7)46-40(52)47(29(8)35-23(2)20-32(44(13,14)15)38(50)26(35)5)42(54)48(41(46)53)30(9)36-24(3)21-33(45(16,17)18)39(51)27(36)6/h19-21,28-30,49-51H,1-18H3. The third kappa shape index (κ3) is 6.95. The molecule has 0 aliphatic carbocycles. The van der Waals surface area contributed by atoms with Gasteiger partial charge in [-0.05, 0) is 145 Å². The van der Waals surface area contributed by atoms with Crippen molar-refractivity contribution in [1.82, 2.24) is 13.7 Å². The number of aromatic hydroxyl groups is 3. The molecule has 54 heavy (non-hydrogen) atoms. The van der Waals surface area contributed by atoms with Gasteiger partial charge in [0.2, 0.25) is 0 Å². The van der Waals surface area contributed by atoms with E-state index in [1.165, 1.54) is 0 Å². The van der Waals surface area contributed by atoms with Crippen molar-refractivity contribution < 1.29 is 15.3 Å². The number of benzene rings is 3. The monoisotopic (exact) mass is 741 g/mol. The number of hydrogen-bond donors (Lipinski definition) is 3. The zero-order valence-corrected chi connectivity index (χ0v) is 35.9. The van der Waals surface area contributed by atoms with E-state index in [0.717, 1.165) is 47.1 Å². The molecule has 3 N–H and O–H groups in total. The number of aryl methyl sites for hydroxylation is 3. The first-order valence-electron chi connectivity index (χ1n) is 19.0. The molecule has 0 saturated heterocycles. The van der Waals surface area contributed by atoms with Crippen LogP contribution < -0.4 is 17.1 Å². The highest BCUT2D eigenvalue weighted by Gasteiger charge is 2.33. The SMILES string of the molecule is Cc1cc(C(C)(C)C)c(O)c(C)c1C(C)n1c(=O)n(C(C)c2c(C)cc(C(C)(C)C)c(O)c2C)c(=O)n(C(C)c2c(C)cc(C(C)(C)C)c(O)c2C)c1=O. The van der Waals surface area contributed by atoms with Crippen molar-refractivity contribution in [3.8, 4) is 17.2 Å². The average Bonchev–Trinajstić information content (AvgIpc) is 3.01. The molecule has 0 aliphatic heterocycles. The normalized spacial score (nSPS) is 14.3. The van der Waals surface area contributed by atoms with Gasteiger partial charge in [0.25, 0.3) is 0 Å². The van der Waals surface area contributed by atoms with Crippen LogP contribution in [-0.2, 0) is 16.2 Å². The smallest absolute Gasteiger partial charge is 0.337 e. The number of rotatable bonds is 6. The Morgan fingerprint density at radius 2 is 0.611 bits per heavy atom. The third-order valence-corrected chi connectivity index (χ3v) is 11.5. The fourth-order valence-corrected chi connectivity index (χ4v) is 8.58. The van der Waals surface area contributed by atoms with E-state index in [9.17, 15) is 29.7 Å². The summed E-state index contributed by atoms with van der Waals surface area (Å²) in [6.07, 6.45) is 0. The van der Waals surface area contributed by atoms with Crippen molar-refractivity contribution in [2.75, 3.05) is 0 Å². The topological polar surface area (TPSA) is 127 Å². The lowest BCUT2D eigenvalue weighted by Gasteiger charge is -2.30. The first-order valence-corrected chi connectivity index (χ1v) is 19.0. The molecule has 9 heteroatoms. The molecule has 1 heterocycles. The van der Waals surface area contributed by atoms with Crippen molar-refractivity contribution in [3.63, 3.8) is 0 Å². The molecular weight excluding hydrogens is 679 g/mol. The van der Waals surface area contributed by atoms with Crippen LogP contribution in [0.3, 0.4) is 0 Å². The molecule has 0 saturated carbocycles. The van der Waals surface area contributed by atoms with Crippen molar-refractivity contribution in [2.24, 2.45) is 0 Å². The number of phenolic OH excluding ortho intramolecular Hbond substituents is 3. The van der Waals surface area contributed by atoms with Crippen LogP contribution in [-0.4, -0.2) is 29.0 Å². The molecule has 0 fully saturated rings. The van der Waals surface area contributed by atoms with Gasteiger partial charge in [-0.15, -0.1) is 0 Å². The van der Waals surface area contributed by atoms with Crippen LogP contribution in [0.5, 0.6) is 17.2 Å². The second-order valence-corrected chi connectivity index (χ2v) is 18.6. The second-order valence-electron chi connectivity index (χ2n) is 18.6. The fraction of sp³-hybridized carbons (Fsp3) is 0.533. The summed E-state index contributed by atoms with van der Waals surface area (Å²) in [5, 5.41) is 34.4. The Hall–Kier alpha value is -4.53. The number of nitrogens with zero attached hydrogens (tertiary/aromatic N) is 3. The van der Waals surface area contributed by atoms with E-state index in [2.05, 4.69) is 0 Å². The molecule has 4 rings (SSSR count). The highest BCUT2D eigenvalue weighted by atomic mass is 16.3. The van der Waals surface area contributed by atoms with Gasteiger partial charge < -0.3 is 15.3 Å². The molecular formula is C45H63N3O6. The van der Waals surface area contributed by atoms with E-state index in [-0.39, 0.29) is 33.5 Å². The Bertz CT molecular complexity index is 2040. The average molecular weight is 742 g/mol. The van der Waals surface area contributed by atoms with Gasteiger partial charge in [-0.3, -0.25) is 0 Å². The van der Waals surface area contributed by atoms with Crippen LogP contribution in [0.25, 0.3) is 0 Å². The molecule has 0 aliphatic rings. The molecule has 0 radical (unpaired) electrons. The minimum Gasteiger partial charge on any atom is -0.507 e. The van der Waals surface area contributed by atoms with E-state index in [1.54, 1.807) is 41.5 Å². The number of phenols is 3. The van der Waals surface area contributed by atoms with Gasteiger partial charge in [0, 0.05) is 0 Å². The summed E-state index contributed by atoms with van der Waals surface area (Å²) < 4.78 is 3.34. The zero-order chi connectivity index (χ0) is 41.5. The molecule has 3 aromatic carbocycles. The predicted molar refractivity (Wildman–Crippen MR) is 220 cm³/mol. The Labute approximate surface area is 321 Å². The highest BCUT2D eigenvalue weighted by Crippen LogP contribution is 2.42. The van der Waals surface area contributed by atoms with Gasteiger partial charge in [-0.2, -0.15) is 0 Å². The lowest BCUT2D eigenvalue weighted by molar-refractivity contribution is 0.393. The first kappa shape index (κ1) is 42.2. The van der Waals surface area contributed by atoms with Gasteiger partial charge in [-0.25, -0.2) is 28.1 Å². The minimum atomic E-state index is -0.889. The number of aromatic nitrogens is 3. The summed E-state index contributed by atoms with van der Waals surface area (Å²) in [5.74, 6) is 0.291. The van der Waals surface area contributed by atoms with Crippen LogP contribution in [0, 0.1) is 41.5 Å². The first-order chi connectivity index (χ1) is 24.5. The molecule has 3 atom stereocenters. The Morgan fingerprint density at radius 1 is 0.426 bits per heavy atom. The molecule has 294 valence electrons. The predicted octanol–water partition coefficient (Wildman–Crippen LogP) is 8.86. The Balaban J connectivity index is 2.19. The fourth-order valence-electron chi connectivity index (χ4n) is 8.58. The van der Waals surface area contributed by atoms with E-state index in [4.69, 9.17) is 0 Å². The Kier molecular flexibility index (Phi) is 10.9. The van der Waals surface area contributed by atoms with Crippen molar-refractivity contribution in [2.45, 2.75) is 159 Å². The van der Waals surface area contributed by atoms with Crippen LogP contribution in [0.4, 0.5) is 0 Å². The van der Waals surface area contributed by atoms with Crippen molar-refractivity contribution in [3.05, 3.63) is 116 Å². The summed E-state index contributed by atoms with van der Waals surface area (Å²) in [6, 6.07) is 3.03. The summed E-state index contributed by atoms with van der Waals surface area (Å²) in [6.45, 7) is 34.4. The molecule has 0 amide bonds. The summed E-state index contributed by atoms with van der Waals surface area (Å²) in [4.78, 5) is 44.7. The molecule has 3 unspecified atom stereocenters. The molecule has 4 aromatic rings. The number of hydrogen-bond acceptors (Lipinski definition) is 6. The van der Waals surface area contributed by atoms with E-state index < -0.39 is 35.2 Å². The lowest BCUT2D eigenvalue weighted by atomic mass is 9.81. The van der Waals surface area contributed by atoms with E-state index in [1.807, 2.05) is 101 Å². The van der Waals surface area contributed by atoms with Gasteiger partial charge in [-0.1, -0.05) is 80.5 Å². The van der Waals surface area contributed by atoms with E-state index >= 15 is 0 Å². The minimum absolute atomic E-state index is 0.0970. The van der Waals surface area contributed by atoms with Crippen LogP contribution in [0.2, 0.25) is 0 Å². The maximum atomic E-state index is 14.9. The van der Waals surface area contributed by atoms with Gasteiger partial charge >= 0.3 is 17.1 Å². The lowest BCUT2D eigenvalue weighted by Crippen LogP contribution is -2.57. The maximum Gasteiger partial charge on any atom is 0.337 e. The van der Waals surface area contributed by atoms with Gasteiger partial charge in [0.1, 0.15) is 17.2 Å². The molecule has 1 aromatic heterocycles. The van der Waals surface area contributed by atoms with Crippen LogP contribution >= 0.6 is 0 Å². The Morgan fingerprint density at radius 3 is 0.778 bits per heavy atom. The summed E-state index contributed by atoms with van der Waals surface area (Å²) in [5.41, 5.74) is 4.60. The maximum absolute atomic E-state index is 14.9. The molecule has 9 nitrogen and oxygen atoms in total. The van der Waals surface area contributed by atoms with Crippen molar-refractivity contribution >= 4 is 0 Å². The van der Waals surface area contributed by atoms with Crippen molar-refractivity contribution in [1.29, 1.82) is 0 Å².